The van der Waals surface area contributed by atoms with Crippen molar-refractivity contribution in [3.05, 3.63) is 28.2 Å². The third-order valence-corrected chi connectivity index (χ3v) is 5.74. The van der Waals surface area contributed by atoms with Crippen LogP contribution >= 0.6 is 23.2 Å². The highest BCUT2D eigenvalue weighted by Gasteiger charge is 2.28. The Morgan fingerprint density at radius 2 is 1.73 bits per heavy atom. The maximum Gasteiger partial charge on any atom is 0.238 e. The topological polar surface area (TPSA) is 61.4 Å². The molecule has 0 aromatic heterocycles. The van der Waals surface area contributed by atoms with Crippen LogP contribution < -0.4 is 10.6 Å². The van der Waals surface area contributed by atoms with E-state index in [4.69, 9.17) is 23.2 Å². The van der Waals surface area contributed by atoms with Crippen LogP contribution in [0, 0.1) is 11.8 Å². The van der Waals surface area contributed by atoms with Crippen molar-refractivity contribution in [2.24, 2.45) is 11.8 Å². The van der Waals surface area contributed by atoms with Crippen LogP contribution in [0.25, 0.3) is 0 Å². The summed E-state index contributed by atoms with van der Waals surface area (Å²) in [6.07, 6.45) is 3.39. The number of likely N-dealkylation sites (N-methyl/N-ethyl adjacent to an activating group) is 1. The van der Waals surface area contributed by atoms with Gasteiger partial charge in [-0.05, 0) is 37.4 Å². The highest BCUT2D eigenvalue weighted by atomic mass is 35.5. The van der Waals surface area contributed by atoms with Gasteiger partial charge in [0.15, 0.2) is 0 Å². The van der Waals surface area contributed by atoms with Gasteiger partial charge in [-0.25, -0.2) is 0 Å². The van der Waals surface area contributed by atoms with Gasteiger partial charge in [0.25, 0.3) is 0 Å². The van der Waals surface area contributed by atoms with Gasteiger partial charge >= 0.3 is 0 Å². The zero-order valence-electron chi connectivity index (χ0n) is 15.5. The third kappa shape index (κ3) is 5.86. The quantitative estimate of drug-likeness (QED) is 0.764. The minimum Gasteiger partial charge on any atom is -0.352 e. The lowest BCUT2D eigenvalue weighted by Crippen LogP contribution is -2.47. The lowest BCUT2D eigenvalue weighted by molar-refractivity contribution is -0.124. The van der Waals surface area contributed by atoms with Gasteiger partial charge in [-0.3, -0.25) is 14.5 Å². The predicted octanol–water partition coefficient (Wildman–Crippen LogP) is 3.80. The second kappa shape index (κ2) is 9.58. The van der Waals surface area contributed by atoms with Gasteiger partial charge in [-0.2, -0.15) is 0 Å². The molecule has 2 N–H and O–H groups in total. The zero-order valence-corrected chi connectivity index (χ0v) is 17.0. The van der Waals surface area contributed by atoms with Crippen LogP contribution in [0.15, 0.2) is 18.2 Å². The summed E-state index contributed by atoms with van der Waals surface area (Å²) in [7, 11) is 1.74. The molecule has 2 rings (SSSR count). The molecule has 0 aliphatic heterocycles. The largest absolute Gasteiger partial charge is 0.352 e. The van der Waals surface area contributed by atoms with Crippen LogP contribution in [-0.4, -0.2) is 42.9 Å². The van der Waals surface area contributed by atoms with Crippen LogP contribution in [0.4, 0.5) is 5.69 Å². The molecule has 1 aromatic carbocycles. The first-order valence-corrected chi connectivity index (χ1v) is 9.75. The number of hydrogen-bond donors (Lipinski definition) is 2. The molecule has 1 saturated carbocycles. The van der Waals surface area contributed by atoms with Gasteiger partial charge in [-0.1, -0.05) is 56.0 Å². The summed E-state index contributed by atoms with van der Waals surface area (Å²) in [6.45, 7) is 4.67. The molecule has 144 valence electrons. The first-order chi connectivity index (χ1) is 12.3. The number of anilines is 1. The fourth-order valence-electron chi connectivity index (χ4n) is 3.38. The normalized spacial score (nSPS) is 22.9. The molecule has 0 bridgehead atoms. The Bertz CT molecular complexity index is 633. The van der Waals surface area contributed by atoms with E-state index in [9.17, 15) is 9.59 Å². The van der Waals surface area contributed by atoms with E-state index in [2.05, 4.69) is 24.5 Å². The molecule has 1 fully saturated rings. The molecule has 0 spiro atoms. The van der Waals surface area contributed by atoms with Gasteiger partial charge in [0.1, 0.15) is 0 Å². The monoisotopic (exact) mass is 399 g/mol. The minimum absolute atomic E-state index is 0.0537. The van der Waals surface area contributed by atoms with Gasteiger partial charge < -0.3 is 10.6 Å². The molecule has 2 amide bonds. The van der Waals surface area contributed by atoms with E-state index in [1.54, 1.807) is 30.1 Å². The molecule has 0 radical (unpaired) electrons. The lowest BCUT2D eigenvalue weighted by atomic mass is 9.78. The summed E-state index contributed by atoms with van der Waals surface area (Å²) >= 11 is 12.1. The summed E-state index contributed by atoms with van der Waals surface area (Å²) in [5.41, 5.74) is 0.392. The molecule has 0 heterocycles. The highest BCUT2D eigenvalue weighted by Crippen LogP contribution is 2.30. The first kappa shape index (κ1) is 21.0. The number of para-hydroxylation sites is 1. The number of nitrogens with one attached hydrogen (secondary N) is 2. The lowest BCUT2D eigenvalue weighted by Gasteiger charge is -2.34. The molecule has 0 saturated heterocycles. The summed E-state index contributed by atoms with van der Waals surface area (Å²) in [6, 6.07) is 5.25. The van der Waals surface area contributed by atoms with Crippen LogP contribution in [0.5, 0.6) is 0 Å². The maximum absolute atomic E-state index is 12.3. The van der Waals surface area contributed by atoms with Crippen molar-refractivity contribution in [1.29, 1.82) is 0 Å². The Morgan fingerprint density at radius 1 is 1.12 bits per heavy atom. The summed E-state index contributed by atoms with van der Waals surface area (Å²) in [5, 5.41) is 6.58. The Kier molecular flexibility index (Phi) is 7.74. The molecule has 1 aliphatic carbocycles. The number of hydrogen-bond acceptors (Lipinski definition) is 3. The zero-order chi connectivity index (χ0) is 19.3. The van der Waals surface area contributed by atoms with Gasteiger partial charge in [-0.15, -0.1) is 0 Å². The fourth-order valence-corrected chi connectivity index (χ4v) is 3.87. The second-order valence-electron chi connectivity index (χ2n) is 7.26. The Balaban J connectivity index is 1.81. The van der Waals surface area contributed by atoms with E-state index >= 15 is 0 Å². The summed E-state index contributed by atoms with van der Waals surface area (Å²) in [4.78, 5) is 26.2. The molecule has 7 heteroatoms. The Morgan fingerprint density at radius 3 is 2.38 bits per heavy atom. The van der Waals surface area contributed by atoms with Crippen molar-refractivity contribution < 1.29 is 9.59 Å². The van der Waals surface area contributed by atoms with Gasteiger partial charge in [0.2, 0.25) is 11.8 Å². The number of benzene rings is 1. The van der Waals surface area contributed by atoms with Crippen molar-refractivity contribution in [3.63, 3.8) is 0 Å². The third-order valence-electron chi connectivity index (χ3n) is 5.11. The summed E-state index contributed by atoms with van der Waals surface area (Å²) in [5.74, 6) is 0.776. The number of carbonyl (C=O) groups is 2. The van der Waals surface area contributed by atoms with E-state index in [0.717, 1.165) is 12.8 Å². The minimum atomic E-state index is -0.269. The molecule has 1 aromatic rings. The molecule has 26 heavy (non-hydrogen) atoms. The average molecular weight is 400 g/mol. The van der Waals surface area contributed by atoms with Gasteiger partial charge in [0.05, 0.1) is 28.8 Å². The SMILES string of the molecule is C[C@@H]1[C@H](C)CCC[C@@H]1NC(=O)CN(C)CC(=O)Nc1c(Cl)cccc1Cl. The van der Waals surface area contributed by atoms with E-state index in [-0.39, 0.29) is 30.9 Å². The van der Waals surface area contributed by atoms with Crippen LogP contribution in [0.2, 0.25) is 10.0 Å². The van der Waals surface area contributed by atoms with E-state index < -0.39 is 0 Å². The Hall–Kier alpha value is -1.30. The number of halogens is 2. The van der Waals surface area contributed by atoms with Crippen molar-refractivity contribution in [2.45, 2.75) is 39.2 Å². The van der Waals surface area contributed by atoms with E-state index in [0.29, 0.717) is 27.6 Å². The maximum atomic E-state index is 12.3. The second-order valence-corrected chi connectivity index (χ2v) is 8.07. The van der Waals surface area contributed by atoms with E-state index in [1.165, 1.54) is 6.42 Å². The molecular formula is C19H27Cl2N3O2. The van der Waals surface area contributed by atoms with E-state index in [1.807, 2.05) is 0 Å². The Labute approximate surface area is 165 Å². The molecule has 5 nitrogen and oxygen atoms in total. The first-order valence-electron chi connectivity index (χ1n) is 8.99. The molecular weight excluding hydrogens is 373 g/mol. The average Bonchev–Trinajstić information content (AvgIpc) is 2.55. The molecule has 0 unspecified atom stereocenters. The molecule has 3 atom stereocenters. The number of carbonyl (C=O) groups excluding carboxylic acids is 2. The highest BCUT2D eigenvalue weighted by molar-refractivity contribution is 6.39. The number of rotatable bonds is 6. The van der Waals surface area contributed by atoms with Crippen molar-refractivity contribution in [1.82, 2.24) is 10.2 Å². The standard InChI is InChI=1S/C19H27Cl2N3O2/c1-12-6-4-9-16(13(12)2)22-17(25)10-24(3)11-18(26)23-19-14(20)7-5-8-15(19)21/h5,7-8,12-13,16H,4,6,9-11H2,1-3H3,(H,22,25)(H,23,26)/t12-,13-,16+/m1/s1. The van der Waals surface area contributed by atoms with Gasteiger partial charge in [0, 0.05) is 6.04 Å². The predicted molar refractivity (Wildman–Crippen MR) is 107 cm³/mol. The van der Waals surface area contributed by atoms with Crippen molar-refractivity contribution in [3.8, 4) is 0 Å². The number of amides is 2. The van der Waals surface area contributed by atoms with Crippen LogP contribution in [-0.2, 0) is 9.59 Å². The van der Waals surface area contributed by atoms with Crippen molar-refractivity contribution >= 4 is 40.7 Å². The summed E-state index contributed by atoms with van der Waals surface area (Å²) < 4.78 is 0. The fraction of sp³-hybridized carbons (Fsp3) is 0.579. The molecule has 1 aliphatic rings. The van der Waals surface area contributed by atoms with Crippen molar-refractivity contribution in [2.75, 3.05) is 25.5 Å². The smallest absolute Gasteiger partial charge is 0.238 e. The number of nitrogens with zero attached hydrogens (tertiary/aromatic N) is 1. The van der Waals surface area contributed by atoms with Crippen LogP contribution in [0.3, 0.4) is 0 Å². The van der Waals surface area contributed by atoms with Crippen LogP contribution in [0.1, 0.15) is 33.1 Å².